The molecule has 3 rings (SSSR count). The molecule has 2 aromatic heterocycles. The molecule has 0 aliphatic rings. The minimum Gasteiger partial charge on any atom is -0.618 e. The van der Waals surface area contributed by atoms with E-state index >= 15 is 0 Å². The minimum absolute atomic E-state index is 0.691. The summed E-state index contributed by atoms with van der Waals surface area (Å²) in [6, 6.07) is 5.74. The summed E-state index contributed by atoms with van der Waals surface area (Å²) in [5.74, 6) is 0. The molecule has 0 spiro atoms. The average molecular weight is 213 g/mol. The number of imidazole rings is 1. The number of hydrogen-bond donors (Lipinski definition) is 0. The number of hydrogen-bond acceptors (Lipinski definition) is 2. The van der Waals surface area contributed by atoms with Gasteiger partial charge in [-0.2, -0.15) is 4.73 Å². The van der Waals surface area contributed by atoms with Gasteiger partial charge in [0.15, 0.2) is 5.52 Å². The first kappa shape index (κ1) is 9.15. The van der Waals surface area contributed by atoms with E-state index in [-0.39, 0.29) is 0 Å². The van der Waals surface area contributed by atoms with Gasteiger partial charge in [0.05, 0.1) is 17.2 Å². The molecule has 4 nitrogen and oxygen atoms in total. The summed E-state index contributed by atoms with van der Waals surface area (Å²) >= 11 is 0. The van der Waals surface area contributed by atoms with E-state index < -0.39 is 0 Å². The highest BCUT2D eigenvalue weighted by atomic mass is 16.5. The van der Waals surface area contributed by atoms with Crippen molar-refractivity contribution in [1.29, 1.82) is 0 Å². The van der Waals surface area contributed by atoms with Gasteiger partial charge in [-0.25, -0.2) is 4.98 Å². The number of aromatic nitrogens is 3. The van der Waals surface area contributed by atoms with Crippen molar-refractivity contribution in [3.63, 3.8) is 0 Å². The lowest BCUT2D eigenvalue weighted by molar-refractivity contribution is -0.575. The fourth-order valence-corrected chi connectivity index (χ4v) is 2.17. The van der Waals surface area contributed by atoms with Crippen molar-refractivity contribution in [2.45, 2.75) is 6.92 Å². The molecule has 0 fully saturated rings. The van der Waals surface area contributed by atoms with E-state index in [4.69, 9.17) is 0 Å². The molecule has 3 aromatic rings. The van der Waals surface area contributed by atoms with Crippen LogP contribution in [0.1, 0.15) is 5.56 Å². The van der Waals surface area contributed by atoms with Gasteiger partial charge < -0.3 is 9.77 Å². The zero-order valence-corrected chi connectivity index (χ0v) is 9.14. The third kappa shape index (κ3) is 1.04. The number of fused-ring (bicyclic) bond motifs is 3. The van der Waals surface area contributed by atoms with Crippen LogP contribution in [0.15, 0.2) is 30.7 Å². The maximum Gasteiger partial charge on any atom is 0.226 e. The molecule has 0 atom stereocenters. The summed E-state index contributed by atoms with van der Waals surface area (Å²) in [7, 11) is 1.94. The summed E-state index contributed by atoms with van der Waals surface area (Å²) < 4.78 is 2.84. The molecule has 80 valence electrons. The van der Waals surface area contributed by atoms with E-state index in [9.17, 15) is 5.21 Å². The topological polar surface area (TPSA) is 44.8 Å². The van der Waals surface area contributed by atoms with E-state index in [1.165, 1.54) is 6.20 Å². The highest BCUT2D eigenvalue weighted by Crippen LogP contribution is 2.23. The summed E-state index contributed by atoms with van der Waals surface area (Å²) in [5, 5.41) is 12.8. The predicted molar refractivity (Wildman–Crippen MR) is 61.9 cm³/mol. The first-order valence-corrected chi connectivity index (χ1v) is 5.11. The van der Waals surface area contributed by atoms with Crippen molar-refractivity contribution in [1.82, 2.24) is 9.55 Å². The Balaban J connectivity index is 2.71. The highest BCUT2D eigenvalue weighted by Gasteiger charge is 2.14. The molecule has 0 saturated heterocycles. The van der Waals surface area contributed by atoms with Gasteiger partial charge >= 0.3 is 0 Å². The van der Waals surface area contributed by atoms with Crippen LogP contribution in [-0.2, 0) is 7.05 Å². The fraction of sp³-hybridized carbons (Fsp3) is 0.167. The molecular weight excluding hydrogens is 202 g/mol. The van der Waals surface area contributed by atoms with Crippen LogP contribution in [0.4, 0.5) is 0 Å². The molecule has 4 heteroatoms. The molecule has 1 aromatic carbocycles. The van der Waals surface area contributed by atoms with Gasteiger partial charge in [-0.3, -0.25) is 0 Å². The Morgan fingerprint density at radius 2 is 2.19 bits per heavy atom. The third-order valence-corrected chi connectivity index (χ3v) is 2.93. The SMILES string of the molecule is Cc1cccc2c1c1c(c[n+]2[O-])ncn1C. The zero-order valence-electron chi connectivity index (χ0n) is 9.14. The lowest BCUT2D eigenvalue weighted by Crippen LogP contribution is -2.26. The number of nitrogens with zero attached hydrogens (tertiary/aromatic N) is 3. The number of pyridine rings is 1. The minimum atomic E-state index is 0.691. The van der Waals surface area contributed by atoms with Gasteiger partial charge in [0.1, 0.15) is 0 Å². The van der Waals surface area contributed by atoms with E-state index in [2.05, 4.69) is 4.98 Å². The van der Waals surface area contributed by atoms with Crippen LogP contribution in [0.3, 0.4) is 0 Å². The molecule has 0 radical (unpaired) electrons. The van der Waals surface area contributed by atoms with Crippen LogP contribution < -0.4 is 4.73 Å². The Kier molecular flexibility index (Phi) is 1.68. The molecular formula is C12H11N3O. The van der Waals surface area contributed by atoms with Crippen LogP contribution in [0, 0.1) is 12.1 Å². The van der Waals surface area contributed by atoms with Crippen molar-refractivity contribution in [3.8, 4) is 0 Å². The molecule has 0 N–H and O–H groups in total. The van der Waals surface area contributed by atoms with Crippen LogP contribution in [0.2, 0.25) is 0 Å². The Hall–Kier alpha value is -2.10. The molecule has 0 aliphatic carbocycles. The van der Waals surface area contributed by atoms with Crippen molar-refractivity contribution in [2.24, 2.45) is 7.05 Å². The number of benzene rings is 1. The Morgan fingerprint density at radius 1 is 1.38 bits per heavy atom. The highest BCUT2D eigenvalue weighted by molar-refractivity contribution is 6.02. The first-order valence-electron chi connectivity index (χ1n) is 5.11. The Labute approximate surface area is 92.3 Å². The molecule has 0 aliphatic heterocycles. The maximum atomic E-state index is 11.8. The largest absolute Gasteiger partial charge is 0.618 e. The summed E-state index contributed by atoms with van der Waals surface area (Å²) in [6.07, 6.45) is 3.26. The van der Waals surface area contributed by atoms with E-state index in [0.29, 0.717) is 5.52 Å². The molecule has 0 bridgehead atoms. The van der Waals surface area contributed by atoms with E-state index in [1.807, 2.05) is 36.7 Å². The van der Waals surface area contributed by atoms with Crippen molar-refractivity contribution >= 4 is 21.9 Å². The van der Waals surface area contributed by atoms with Gasteiger partial charge in [-0.1, -0.05) is 12.1 Å². The number of aryl methyl sites for hydroxylation is 2. The first-order chi connectivity index (χ1) is 7.68. The van der Waals surface area contributed by atoms with Gasteiger partial charge in [-0.15, -0.1) is 0 Å². The lowest BCUT2D eigenvalue weighted by atomic mass is 10.1. The second-order valence-electron chi connectivity index (χ2n) is 4.01. The zero-order chi connectivity index (χ0) is 11.3. The summed E-state index contributed by atoms with van der Waals surface area (Å²) in [5.41, 5.74) is 3.53. The molecule has 2 heterocycles. The van der Waals surface area contributed by atoms with Crippen LogP contribution in [0.25, 0.3) is 21.9 Å². The molecule has 0 amide bonds. The fourth-order valence-electron chi connectivity index (χ4n) is 2.17. The third-order valence-electron chi connectivity index (χ3n) is 2.93. The second kappa shape index (κ2) is 2.95. The monoisotopic (exact) mass is 213 g/mol. The molecule has 0 saturated carbocycles. The molecule has 0 unspecified atom stereocenters. The van der Waals surface area contributed by atoms with E-state index in [0.717, 1.165) is 26.7 Å². The second-order valence-corrected chi connectivity index (χ2v) is 4.01. The van der Waals surface area contributed by atoms with Gasteiger partial charge in [-0.05, 0) is 12.5 Å². The maximum absolute atomic E-state index is 11.8. The Bertz CT molecular complexity index is 700. The smallest absolute Gasteiger partial charge is 0.226 e. The van der Waals surface area contributed by atoms with Gasteiger partial charge in [0.2, 0.25) is 11.7 Å². The predicted octanol–water partition coefficient (Wildman–Crippen LogP) is 1.67. The van der Waals surface area contributed by atoms with Crippen LogP contribution in [0.5, 0.6) is 0 Å². The summed E-state index contributed by atoms with van der Waals surface area (Å²) in [4.78, 5) is 4.21. The normalized spacial score (nSPS) is 11.4. The lowest BCUT2D eigenvalue weighted by Gasteiger charge is -2.05. The standard InChI is InChI=1S/C12H11N3O/c1-8-4-3-5-10-11(8)12-9(6-15(10)16)13-7-14(12)2/h3-7H,1-2H3. The average Bonchev–Trinajstić information content (AvgIpc) is 2.61. The van der Waals surface area contributed by atoms with Crippen molar-refractivity contribution in [2.75, 3.05) is 0 Å². The van der Waals surface area contributed by atoms with Crippen molar-refractivity contribution in [3.05, 3.63) is 41.5 Å². The quantitative estimate of drug-likeness (QED) is 0.421. The van der Waals surface area contributed by atoms with Gasteiger partial charge in [0, 0.05) is 13.1 Å². The van der Waals surface area contributed by atoms with Gasteiger partial charge in [0.25, 0.3) is 0 Å². The Morgan fingerprint density at radius 3 is 3.00 bits per heavy atom. The molecule has 16 heavy (non-hydrogen) atoms. The van der Waals surface area contributed by atoms with Crippen molar-refractivity contribution < 1.29 is 4.73 Å². The van der Waals surface area contributed by atoms with Crippen LogP contribution >= 0.6 is 0 Å². The summed E-state index contributed by atoms with van der Waals surface area (Å²) in [6.45, 7) is 2.01. The van der Waals surface area contributed by atoms with E-state index in [1.54, 1.807) is 6.33 Å². The van der Waals surface area contributed by atoms with Crippen LogP contribution in [-0.4, -0.2) is 9.55 Å². The number of rotatable bonds is 0.